The van der Waals surface area contributed by atoms with E-state index in [-0.39, 0.29) is 18.6 Å². The molecule has 3 aliphatic heterocycles. The van der Waals surface area contributed by atoms with Crippen LogP contribution in [0.15, 0.2) is 46.5 Å². The van der Waals surface area contributed by atoms with Gasteiger partial charge in [-0.15, -0.1) is 0 Å². The Morgan fingerprint density at radius 2 is 2.11 bits per heavy atom. The van der Waals surface area contributed by atoms with Gasteiger partial charge in [-0.1, -0.05) is 23.9 Å². The maximum atomic E-state index is 11.8. The zero-order chi connectivity index (χ0) is 19.1. The minimum atomic E-state index is -0.126. The molecule has 2 aromatic carbocycles. The van der Waals surface area contributed by atoms with Crippen LogP contribution in [-0.2, 0) is 11.3 Å². The van der Waals surface area contributed by atoms with Gasteiger partial charge in [0.05, 0.1) is 18.2 Å². The Hall–Kier alpha value is -3.00. The molecular formula is C20H18N4O3S. The lowest BCUT2D eigenvalue weighted by atomic mass is 9.99. The number of benzene rings is 2. The van der Waals surface area contributed by atoms with Crippen molar-refractivity contribution in [2.45, 2.75) is 19.4 Å². The molecule has 0 fully saturated rings. The predicted molar refractivity (Wildman–Crippen MR) is 109 cm³/mol. The fourth-order valence-electron chi connectivity index (χ4n) is 3.34. The van der Waals surface area contributed by atoms with Gasteiger partial charge in [-0.25, -0.2) is 0 Å². The van der Waals surface area contributed by atoms with Gasteiger partial charge in [-0.3, -0.25) is 15.2 Å². The molecule has 2 aromatic rings. The first-order valence-electron chi connectivity index (χ1n) is 9.01. The topological polar surface area (TPSA) is 84.3 Å². The summed E-state index contributed by atoms with van der Waals surface area (Å²) < 4.78 is 10.7. The second-order valence-electron chi connectivity index (χ2n) is 6.78. The van der Waals surface area contributed by atoms with Crippen molar-refractivity contribution in [3.63, 3.8) is 0 Å². The Balaban J connectivity index is 1.28. The molecule has 0 radical (unpaired) electrons. The van der Waals surface area contributed by atoms with E-state index in [2.05, 4.69) is 20.8 Å². The molecule has 0 saturated heterocycles. The quantitative estimate of drug-likeness (QED) is 0.836. The zero-order valence-electron chi connectivity index (χ0n) is 15.2. The molecule has 3 aliphatic rings. The third-order valence-corrected chi connectivity index (χ3v) is 5.89. The van der Waals surface area contributed by atoms with Gasteiger partial charge in [0.1, 0.15) is 0 Å². The first-order valence-corrected chi connectivity index (χ1v) is 9.99. The lowest BCUT2D eigenvalue weighted by Crippen LogP contribution is -2.25. The van der Waals surface area contributed by atoms with Gasteiger partial charge in [0.15, 0.2) is 16.7 Å². The van der Waals surface area contributed by atoms with Crippen LogP contribution in [0, 0.1) is 0 Å². The Morgan fingerprint density at radius 3 is 2.96 bits per heavy atom. The van der Waals surface area contributed by atoms with Gasteiger partial charge < -0.3 is 14.8 Å². The van der Waals surface area contributed by atoms with Crippen molar-refractivity contribution >= 4 is 34.2 Å². The van der Waals surface area contributed by atoms with Crippen LogP contribution in [0.2, 0.25) is 0 Å². The second-order valence-corrected chi connectivity index (χ2v) is 7.74. The highest BCUT2D eigenvalue weighted by molar-refractivity contribution is 8.14. The molecule has 142 valence electrons. The van der Waals surface area contributed by atoms with E-state index in [1.807, 2.05) is 43.3 Å². The van der Waals surface area contributed by atoms with Gasteiger partial charge in [0.25, 0.3) is 0 Å². The van der Waals surface area contributed by atoms with Crippen molar-refractivity contribution in [1.29, 1.82) is 0 Å². The lowest BCUT2D eigenvalue weighted by molar-refractivity contribution is -0.116. The molecule has 0 aliphatic carbocycles. The summed E-state index contributed by atoms with van der Waals surface area (Å²) in [5.74, 6) is 2.18. The molecule has 1 atom stereocenters. The third-order valence-electron chi connectivity index (χ3n) is 4.98. The molecule has 5 rings (SSSR count). The van der Waals surface area contributed by atoms with E-state index in [4.69, 9.17) is 9.47 Å². The van der Waals surface area contributed by atoms with Crippen LogP contribution in [-0.4, -0.2) is 29.3 Å². The molecule has 0 bridgehead atoms. The fourth-order valence-corrected chi connectivity index (χ4v) is 4.12. The van der Waals surface area contributed by atoms with Crippen molar-refractivity contribution < 1.29 is 14.3 Å². The normalized spacial score (nSPS) is 21.2. The van der Waals surface area contributed by atoms with Gasteiger partial charge in [0.2, 0.25) is 12.7 Å². The maximum absolute atomic E-state index is 11.8. The van der Waals surface area contributed by atoms with E-state index < -0.39 is 0 Å². The first kappa shape index (κ1) is 17.1. The molecule has 28 heavy (non-hydrogen) atoms. The van der Waals surface area contributed by atoms with E-state index in [9.17, 15) is 4.79 Å². The van der Waals surface area contributed by atoms with Crippen LogP contribution >= 0.6 is 11.8 Å². The van der Waals surface area contributed by atoms with Crippen LogP contribution in [0.5, 0.6) is 11.5 Å². The number of hydrazone groups is 1. The summed E-state index contributed by atoms with van der Waals surface area (Å²) in [4.78, 5) is 16.4. The van der Waals surface area contributed by atoms with E-state index in [0.29, 0.717) is 6.54 Å². The minimum absolute atomic E-state index is 0.0446. The number of nitrogens with one attached hydrogen (secondary N) is 2. The van der Waals surface area contributed by atoms with Crippen molar-refractivity contribution in [3.8, 4) is 11.5 Å². The molecule has 8 heteroatoms. The van der Waals surface area contributed by atoms with Gasteiger partial charge in [-0.05, 0) is 47.9 Å². The van der Waals surface area contributed by atoms with Gasteiger partial charge >= 0.3 is 0 Å². The summed E-state index contributed by atoms with van der Waals surface area (Å²) in [6.07, 6.45) is 0. The summed E-state index contributed by atoms with van der Waals surface area (Å²) in [5.41, 5.74) is 7.98. The molecule has 0 unspecified atom stereocenters. The molecule has 0 saturated carbocycles. The highest BCUT2D eigenvalue weighted by Crippen LogP contribution is 2.34. The summed E-state index contributed by atoms with van der Waals surface area (Å²) in [6.45, 7) is 2.73. The Morgan fingerprint density at radius 1 is 1.21 bits per heavy atom. The van der Waals surface area contributed by atoms with Crippen molar-refractivity contribution in [2.24, 2.45) is 10.1 Å². The molecular weight excluding hydrogens is 376 g/mol. The average molecular weight is 394 g/mol. The molecule has 2 N–H and O–H groups in total. The molecule has 0 spiro atoms. The number of ether oxygens (including phenoxy) is 2. The SMILES string of the molecule is C[C@@H]1C(=O)Nc2ccc(C3=NNC(=NCc4ccc5c(c4)OCO5)SC3)cc21. The van der Waals surface area contributed by atoms with Crippen LogP contribution in [0.1, 0.15) is 29.5 Å². The largest absolute Gasteiger partial charge is 0.454 e. The van der Waals surface area contributed by atoms with E-state index in [1.54, 1.807) is 11.8 Å². The molecule has 1 amide bonds. The first-order chi connectivity index (χ1) is 13.7. The number of carbonyl (C=O) groups excluding carboxylic acids is 1. The van der Waals surface area contributed by atoms with Gasteiger partial charge in [-0.2, -0.15) is 5.10 Å². The van der Waals surface area contributed by atoms with Crippen molar-refractivity contribution in [2.75, 3.05) is 17.9 Å². The number of nitrogens with zero attached hydrogens (tertiary/aromatic N) is 2. The highest BCUT2D eigenvalue weighted by Gasteiger charge is 2.27. The summed E-state index contributed by atoms with van der Waals surface area (Å²) in [7, 11) is 0. The number of carbonyl (C=O) groups is 1. The van der Waals surface area contributed by atoms with Crippen LogP contribution < -0.4 is 20.2 Å². The summed E-state index contributed by atoms with van der Waals surface area (Å²) in [5, 5.41) is 8.17. The number of amides is 1. The van der Waals surface area contributed by atoms with E-state index >= 15 is 0 Å². The number of aliphatic imine (C=N–C) groups is 1. The standard InChI is InChI=1S/C20H18N4O3S/c1-11-14-7-13(3-4-15(14)22-19(11)25)16-9-28-20(24-23-16)21-8-12-2-5-17-18(6-12)27-10-26-17/h2-7,11H,8-10H2,1H3,(H,21,24)(H,22,25)/t11-/m0/s1. The zero-order valence-corrected chi connectivity index (χ0v) is 16.0. The predicted octanol–water partition coefficient (Wildman–Crippen LogP) is 3.07. The van der Waals surface area contributed by atoms with Crippen molar-refractivity contribution in [3.05, 3.63) is 53.1 Å². The molecule has 0 aromatic heterocycles. The number of hydrogen-bond acceptors (Lipinski definition) is 6. The number of rotatable bonds is 3. The van der Waals surface area contributed by atoms with Crippen molar-refractivity contribution in [1.82, 2.24) is 5.43 Å². The Bertz CT molecular complexity index is 1030. The van der Waals surface area contributed by atoms with Crippen LogP contribution in [0.3, 0.4) is 0 Å². The summed E-state index contributed by atoms with van der Waals surface area (Å²) in [6, 6.07) is 11.8. The number of anilines is 1. The van der Waals surface area contributed by atoms with E-state index in [0.717, 1.165) is 50.5 Å². The van der Waals surface area contributed by atoms with Crippen LogP contribution in [0.4, 0.5) is 5.69 Å². The third kappa shape index (κ3) is 3.09. The Kier molecular flexibility index (Phi) is 4.20. The number of hydrogen-bond donors (Lipinski definition) is 2. The number of thioether (sulfide) groups is 1. The monoisotopic (exact) mass is 394 g/mol. The second kappa shape index (κ2) is 6.87. The lowest BCUT2D eigenvalue weighted by Gasteiger charge is -2.16. The minimum Gasteiger partial charge on any atom is -0.454 e. The van der Waals surface area contributed by atoms with Crippen LogP contribution in [0.25, 0.3) is 0 Å². The molecule has 7 nitrogen and oxygen atoms in total. The Labute approximate surface area is 166 Å². The number of amidine groups is 1. The maximum Gasteiger partial charge on any atom is 0.231 e. The average Bonchev–Trinajstić information content (AvgIpc) is 3.30. The van der Waals surface area contributed by atoms with E-state index in [1.165, 1.54) is 0 Å². The van der Waals surface area contributed by atoms with Gasteiger partial charge in [0, 0.05) is 11.4 Å². The summed E-state index contributed by atoms with van der Waals surface area (Å²) >= 11 is 1.62. The molecule has 3 heterocycles. The fraction of sp³-hybridized carbons (Fsp3) is 0.250. The number of fused-ring (bicyclic) bond motifs is 2. The highest BCUT2D eigenvalue weighted by atomic mass is 32.2. The smallest absolute Gasteiger partial charge is 0.231 e.